The molecule has 1 saturated heterocycles. The Balaban J connectivity index is 0.816. The second-order valence-corrected chi connectivity index (χ2v) is 23.5. The third-order valence-corrected chi connectivity index (χ3v) is 17.2. The van der Waals surface area contributed by atoms with E-state index in [4.69, 9.17) is 47.6 Å². The van der Waals surface area contributed by atoms with Crippen LogP contribution in [0.2, 0.25) is 0 Å². The largest absolute Gasteiger partial charge is 0.467 e. The maximum atomic E-state index is 15.5. The predicted molar refractivity (Wildman–Crippen MR) is 322 cm³/mol. The number of aliphatic hydroxyl groups is 1. The van der Waals surface area contributed by atoms with E-state index < -0.39 is 158 Å². The molecule has 3 aromatic carbocycles. The van der Waals surface area contributed by atoms with Crippen LogP contribution in [0.25, 0.3) is 33.4 Å². The zero-order valence-corrected chi connectivity index (χ0v) is 52.5. The first-order chi connectivity index (χ1) is 44.8. The van der Waals surface area contributed by atoms with Gasteiger partial charge in [0, 0.05) is 49.3 Å². The van der Waals surface area contributed by atoms with Gasteiger partial charge in [0.2, 0.25) is 23.6 Å². The summed E-state index contributed by atoms with van der Waals surface area (Å²) in [5.74, 6) is -10.1. The molecular formula is C65H70FN7O21. The number of nitrogens with one attached hydrogen (secondary N) is 5. The van der Waals surface area contributed by atoms with Crippen LogP contribution in [0.4, 0.5) is 9.18 Å². The van der Waals surface area contributed by atoms with Crippen molar-refractivity contribution in [3.05, 3.63) is 121 Å². The Kier molecular flexibility index (Phi) is 19.9. The minimum atomic E-state index is -2.10. The molecule has 0 bridgehead atoms. The Morgan fingerprint density at radius 1 is 0.830 bits per heavy atom. The minimum Gasteiger partial charge on any atom is -0.467 e. The molecule has 5 heterocycles. The molecule has 5 aliphatic rings. The second kappa shape index (κ2) is 27.9. The van der Waals surface area contributed by atoms with E-state index in [1.807, 2.05) is 48.5 Å². The Hall–Kier alpha value is -9.71. The van der Waals surface area contributed by atoms with E-state index in [0.717, 1.165) is 50.1 Å². The van der Waals surface area contributed by atoms with E-state index in [1.54, 1.807) is 27.7 Å². The first-order valence-corrected chi connectivity index (χ1v) is 30.3. The molecule has 10 rings (SSSR count). The van der Waals surface area contributed by atoms with Crippen LogP contribution in [0.3, 0.4) is 0 Å². The molecule has 94 heavy (non-hydrogen) atoms. The lowest BCUT2D eigenvalue weighted by atomic mass is 9.81. The number of cyclic esters (lactones) is 1. The smallest absolute Gasteiger partial charge is 0.407 e. The number of ether oxygens (including phenoxy) is 9. The molecule has 2 aliphatic carbocycles. The number of hydrogen-bond donors (Lipinski definition) is 6. The van der Waals surface area contributed by atoms with Crippen LogP contribution in [0.1, 0.15) is 111 Å². The summed E-state index contributed by atoms with van der Waals surface area (Å²) in [6.07, 6.45) is -9.64. The van der Waals surface area contributed by atoms with Gasteiger partial charge in [-0.3, -0.25) is 38.4 Å². The molecule has 5 amide bonds. The minimum absolute atomic E-state index is 0.00522. The Morgan fingerprint density at radius 2 is 1.49 bits per heavy atom. The number of amides is 5. The number of benzene rings is 3. The number of aromatic nitrogens is 2. The number of alkyl carbamates (subject to hydrolysis) is 1. The van der Waals surface area contributed by atoms with Crippen molar-refractivity contribution in [1.29, 1.82) is 0 Å². The lowest BCUT2D eigenvalue weighted by molar-refractivity contribution is -0.302. The summed E-state index contributed by atoms with van der Waals surface area (Å²) in [7, 11) is 0.977. The molecule has 6 N–H and O–H groups in total. The first kappa shape index (κ1) is 67.2. The lowest BCUT2D eigenvalue weighted by Crippen LogP contribution is -2.64. The van der Waals surface area contributed by atoms with Gasteiger partial charge in [0.05, 0.1) is 55.3 Å². The van der Waals surface area contributed by atoms with Gasteiger partial charge in [0.25, 0.3) is 5.56 Å². The first-order valence-electron chi connectivity index (χ1n) is 30.3. The number of methoxy groups -OCH3 is 1. The van der Waals surface area contributed by atoms with Gasteiger partial charge in [-0.05, 0) is 77.1 Å². The molecule has 0 radical (unpaired) electrons. The van der Waals surface area contributed by atoms with Crippen molar-refractivity contribution >= 4 is 70.5 Å². The van der Waals surface area contributed by atoms with E-state index in [1.165, 1.54) is 16.7 Å². The SMILES string of the molecule is CC[C@@]1(O)C(=O)OCc2c1cc1n(c2=O)Cc2c-1nc1cc(F)c(C)c3c1c2[C@@H](NC(=O)COCNC(=O)CNC(=O)[C@H](CO[C@@H]1O[C@H](C(=O)OC)[C@@H](OC(C)=O)[C@H](OC(C)=O)[C@H]1OC(C)=O)NC(=O)[C@@H](NC(=O)OCC1c2ccccc2-c2ccccc21)C(C)C)CC3. The van der Waals surface area contributed by atoms with Crippen molar-refractivity contribution in [3.63, 3.8) is 0 Å². The highest BCUT2D eigenvalue weighted by atomic mass is 19.1. The second-order valence-electron chi connectivity index (χ2n) is 23.5. The predicted octanol–water partition coefficient (Wildman–Crippen LogP) is 2.59. The third kappa shape index (κ3) is 13.4. The van der Waals surface area contributed by atoms with Crippen LogP contribution in [-0.2, 0) is 111 Å². The van der Waals surface area contributed by atoms with Gasteiger partial charge < -0.3 is 78.9 Å². The summed E-state index contributed by atoms with van der Waals surface area (Å²) in [5, 5.41) is 24.9. The molecule has 2 aromatic heterocycles. The molecule has 5 aromatic rings. The normalized spacial score (nSPS) is 21.1. The molecule has 0 spiro atoms. The van der Waals surface area contributed by atoms with Crippen LogP contribution >= 0.6 is 0 Å². The van der Waals surface area contributed by atoms with E-state index in [-0.39, 0.29) is 54.4 Å². The number of hydrogen-bond acceptors (Lipinski definition) is 22. The molecular weight excluding hydrogens is 1230 g/mol. The Bertz CT molecular complexity index is 3940. The van der Waals surface area contributed by atoms with Crippen molar-refractivity contribution in [2.75, 3.05) is 40.2 Å². The fourth-order valence-electron chi connectivity index (χ4n) is 12.7. The van der Waals surface area contributed by atoms with Gasteiger partial charge >= 0.3 is 35.9 Å². The van der Waals surface area contributed by atoms with E-state index >= 15 is 4.39 Å². The van der Waals surface area contributed by atoms with Crippen LogP contribution in [0, 0.1) is 18.7 Å². The molecule has 498 valence electrons. The number of rotatable bonds is 22. The number of nitrogens with zero attached hydrogens (tertiary/aromatic N) is 2. The summed E-state index contributed by atoms with van der Waals surface area (Å²) in [6.45, 7) is 6.02. The number of carbonyl (C=O) groups excluding carboxylic acids is 10. The van der Waals surface area contributed by atoms with Gasteiger partial charge in [0.15, 0.2) is 36.3 Å². The van der Waals surface area contributed by atoms with Crippen molar-refractivity contribution in [2.24, 2.45) is 5.92 Å². The summed E-state index contributed by atoms with van der Waals surface area (Å²) in [4.78, 5) is 152. The average Bonchev–Trinajstić information content (AvgIpc) is 1.47. The number of halogens is 1. The van der Waals surface area contributed by atoms with Crippen molar-refractivity contribution in [2.45, 2.75) is 141 Å². The van der Waals surface area contributed by atoms with Crippen molar-refractivity contribution in [1.82, 2.24) is 36.1 Å². The molecule has 0 saturated carbocycles. The topological polar surface area (TPSA) is 369 Å². The quantitative estimate of drug-likeness (QED) is 0.0246. The van der Waals surface area contributed by atoms with Crippen molar-refractivity contribution < 1.29 is 100 Å². The highest BCUT2D eigenvalue weighted by Gasteiger charge is 2.56. The maximum absolute atomic E-state index is 15.5. The van der Waals surface area contributed by atoms with E-state index in [2.05, 4.69) is 26.6 Å². The average molecular weight is 1300 g/mol. The summed E-state index contributed by atoms with van der Waals surface area (Å²) in [6, 6.07) is 14.2. The van der Waals surface area contributed by atoms with Crippen molar-refractivity contribution in [3.8, 4) is 22.5 Å². The number of pyridine rings is 2. The van der Waals surface area contributed by atoms with Crippen LogP contribution in [0.5, 0.6) is 0 Å². The summed E-state index contributed by atoms with van der Waals surface area (Å²) in [5.41, 5.74) is 4.47. The van der Waals surface area contributed by atoms with Crippen LogP contribution in [-0.4, -0.2) is 157 Å². The summed E-state index contributed by atoms with van der Waals surface area (Å²) >= 11 is 0. The molecule has 1 fully saturated rings. The van der Waals surface area contributed by atoms with Gasteiger partial charge in [0.1, 0.15) is 44.5 Å². The molecule has 0 unspecified atom stereocenters. The van der Waals surface area contributed by atoms with Gasteiger partial charge in [-0.2, -0.15) is 0 Å². The fourth-order valence-corrected chi connectivity index (χ4v) is 12.7. The molecule has 3 aliphatic heterocycles. The van der Waals surface area contributed by atoms with Gasteiger partial charge in [-0.25, -0.2) is 23.8 Å². The zero-order valence-electron chi connectivity index (χ0n) is 52.5. The number of carbonyl (C=O) groups is 10. The highest BCUT2D eigenvalue weighted by molar-refractivity contribution is 5.95. The number of fused-ring (bicyclic) bond motifs is 8. The lowest BCUT2D eigenvalue weighted by Gasteiger charge is -2.43. The molecule has 28 nitrogen and oxygen atoms in total. The van der Waals surface area contributed by atoms with E-state index in [9.17, 15) is 57.8 Å². The number of esters is 5. The van der Waals surface area contributed by atoms with Crippen LogP contribution in [0.15, 0.2) is 65.5 Å². The maximum Gasteiger partial charge on any atom is 0.407 e. The molecule has 9 atom stereocenters. The Labute approximate surface area is 536 Å². The third-order valence-electron chi connectivity index (χ3n) is 17.2. The van der Waals surface area contributed by atoms with Gasteiger partial charge in [-0.1, -0.05) is 69.3 Å². The summed E-state index contributed by atoms with van der Waals surface area (Å²) < 4.78 is 66.4. The molecule has 29 heteroatoms. The van der Waals surface area contributed by atoms with Gasteiger partial charge in [-0.15, -0.1) is 0 Å². The van der Waals surface area contributed by atoms with Crippen LogP contribution < -0.4 is 32.1 Å². The number of aryl methyl sites for hydroxylation is 1. The zero-order chi connectivity index (χ0) is 67.6. The Morgan fingerprint density at radius 3 is 2.14 bits per heavy atom. The van der Waals surface area contributed by atoms with E-state index in [0.29, 0.717) is 46.2 Å². The monoisotopic (exact) mass is 1300 g/mol. The fraction of sp³-hybridized carbons (Fsp3) is 0.446. The standard InChI is InChI=1S/C65H70FN7O21/c1-9-65(85)42-20-47-53-39(23-73(47)60(81)41(42)25-89-63(65)83)51-44(19-18-34-30(4)43(66)21-45(70-53)50(34)51)69-49(78)27-87-28-68-48(77)22-67-58(79)46(26-88-62-57(93-33(7)76)55(92-32(6)75)54(91-31(5)74)56(94-62)61(82)86-8)71-59(80)52(29(2)3)72-64(84)90-24-40-37-16-12-10-14-35(37)36-15-11-13-17-38(36)40/h10-17,20-21,29,40,44,46,52,54-57,62,85H,9,18-19,22-28H2,1-8H3,(H,67,79)(H,68,77)(H,69,78)(H,71,80)(H,72,84)/t44-,46-,52-,54-,55-,56-,57+,62+,65-/m0/s1. The highest BCUT2D eigenvalue weighted by Crippen LogP contribution is 2.47.